The van der Waals surface area contributed by atoms with Crippen molar-refractivity contribution in [1.29, 1.82) is 0 Å². The predicted molar refractivity (Wildman–Crippen MR) is 72.3 cm³/mol. The summed E-state index contributed by atoms with van der Waals surface area (Å²) in [4.78, 5) is 0. The SMILES string of the molecule is CCC(N)Cc1cc(Br)cc(C)c1OCCF. The van der Waals surface area contributed by atoms with Crippen LogP contribution in [0.3, 0.4) is 0 Å². The molecule has 0 radical (unpaired) electrons. The molecule has 0 saturated carbocycles. The number of halogens is 2. The van der Waals surface area contributed by atoms with Crippen LogP contribution in [0.5, 0.6) is 5.75 Å². The molecular formula is C13H19BrFNO. The van der Waals surface area contributed by atoms with Crippen LogP contribution in [0.4, 0.5) is 4.39 Å². The molecule has 0 saturated heterocycles. The quantitative estimate of drug-likeness (QED) is 0.874. The fraction of sp³-hybridized carbons (Fsp3) is 0.538. The first-order valence-electron chi connectivity index (χ1n) is 5.81. The van der Waals surface area contributed by atoms with E-state index in [-0.39, 0.29) is 12.6 Å². The zero-order valence-electron chi connectivity index (χ0n) is 10.3. The average molecular weight is 304 g/mol. The Morgan fingerprint density at radius 2 is 2.18 bits per heavy atom. The molecule has 17 heavy (non-hydrogen) atoms. The molecule has 0 fully saturated rings. The van der Waals surface area contributed by atoms with Gasteiger partial charge in [-0.1, -0.05) is 22.9 Å². The summed E-state index contributed by atoms with van der Waals surface area (Å²) in [5.41, 5.74) is 8.00. The summed E-state index contributed by atoms with van der Waals surface area (Å²) in [5, 5.41) is 0. The van der Waals surface area contributed by atoms with Gasteiger partial charge in [-0.2, -0.15) is 0 Å². The van der Waals surface area contributed by atoms with Gasteiger partial charge in [-0.25, -0.2) is 4.39 Å². The number of nitrogens with two attached hydrogens (primary N) is 1. The molecule has 1 atom stereocenters. The highest BCUT2D eigenvalue weighted by atomic mass is 79.9. The van der Waals surface area contributed by atoms with Crippen LogP contribution >= 0.6 is 15.9 Å². The third-order valence-electron chi connectivity index (χ3n) is 2.65. The molecule has 0 aliphatic rings. The topological polar surface area (TPSA) is 35.2 Å². The highest BCUT2D eigenvalue weighted by molar-refractivity contribution is 9.10. The lowest BCUT2D eigenvalue weighted by Crippen LogP contribution is -2.22. The molecule has 0 aliphatic carbocycles. The highest BCUT2D eigenvalue weighted by Gasteiger charge is 2.12. The van der Waals surface area contributed by atoms with E-state index >= 15 is 0 Å². The van der Waals surface area contributed by atoms with Gasteiger partial charge in [-0.15, -0.1) is 0 Å². The van der Waals surface area contributed by atoms with Gasteiger partial charge >= 0.3 is 0 Å². The number of hydrogen-bond acceptors (Lipinski definition) is 2. The second-order valence-corrected chi connectivity index (χ2v) is 5.04. The summed E-state index contributed by atoms with van der Waals surface area (Å²) in [6, 6.07) is 4.07. The molecule has 96 valence electrons. The largest absolute Gasteiger partial charge is 0.490 e. The first kappa shape index (κ1) is 14.5. The Hall–Kier alpha value is -0.610. The van der Waals surface area contributed by atoms with Crippen LogP contribution in [0.25, 0.3) is 0 Å². The maximum absolute atomic E-state index is 12.2. The van der Waals surface area contributed by atoms with Crippen molar-refractivity contribution in [1.82, 2.24) is 0 Å². The van der Waals surface area contributed by atoms with Crippen LogP contribution in [0, 0.1) is 6.92 Å². The second-order valence-electron chi connectivity index (χ2n) is 4.12. The van der Waals surface area contributed by atoms with Crippen LogP contribution in [0.1, 0.15) is 24.5 Å². The summed E-state index contributed by atoms with van der Waals surface area (Å²) in [6.07, 6.45) is 1.66. The summed E-state index contributed by atoms with van der Waals surface area (Å²) >= 11 is 3.46. The van der Waals surface area contributed by atoms with Crippen molar-refractivity contribution < 1.29 is 9.13 Å². The van der Waals surface area contributed by atoms with E-state index in [2.05, 4.69) is 22.9 Å². The molecule has 1 unspecified atom stereocenters. The molecule has 0 heterocycles. The predicted octanol–water partition coefficient (Wildman–Crippen LogP) is 3.39. The lowest BCUT2D eigenvalue weighted by atomic mass is 10.0. The lowest BCUT2D eigenvalue weighted by molar-refractivity contribution is 0.269. The van der Waals surface area contributed by atoms with Crippen LogP contribution in [0.15, 0.2) is 16.6 Å². The number of ether oxygens (including phenoxy) is 1. The first-order valence-corrected chi connectivity index (χ1v) is 6.61. The third kappa shape index (κ3) is 4.28. The Morgan fingerprint density at radius 3 is 2.76 bits per heavy atom. The molecule has 1 rings (SSSR count). The van der Waals surface area contributed by atoms with Gasteiger partial charge in [-0.3, -0.25) is 0 Å². The number of benzene rings is 1. The third-order valence-corrected chi connectivity index (χ3v) is 3.10. The van der Waals surface area contributed by atoms with E-state index in [4.69, 9.17) is 10.5 Å². The number of rotatable bonds is 6. The zero-order valence-corrected chi connectivity index (χ0v) is 11.9. The Bertz CT molecular complexity index is 371. The maximum atomic E-state index is 12.2. The van der Waals surface area contributed by atoms with Gasteiger partial charge < -0.3 is 10.5 Å². The molecule has 2 nitrogen and oxygen atoms in total. The minimum atomic E-state index is -0.477. The summed E-state index contributed by atoms with van der Waals surface area (Å²) in [5.74, 6) is 0.773. The monoisotopic (exact) mass is 303 g/mol. The minimum absolute atomic E-state index is 0.0941. The van der Waals surface area contributed by atoms with E-state index in [1.807, 2.05) is 19.1 Å². The standard InChI is InChI=1S/C13H19BrFNO/c1-3-12(16)8-10-7-11(14)6-9(2)13(10)17-5-4-15/h6-7,12H,3-5,8,16H2,1-2H3. The molecule has 0 aliphatic heterocycles. The smallest absolute Gasteiger partial charge is 0.125 e. The summed E-state index contributed by atoms with van der Waals surface area (Å²) in [6.45, 7) is 3.63. The van der Waals surface area contributed by atoms with Crippen molar-refractivity contribution in [2.24, 2.45) is 5.73 Å². The van der Waals surface area contributed by atoms with Crippen LogP contribution in [-0.4, -0.2) is 19.3 Å². The van der Waals surface area contributed by atoms with E-state index in [9.17, 15) is 4.39 Å². The Balaban J connectivity index is 2.97. The highest BCUT2D eigenvalue weighted by Crippen LogP contribution is 2.29. The molecule has 0 amide bonds. The van der Waals surface area contributed by atoms with E-state index in [1.54, 1.807) is 0 Å². The first-order chi connectivity index (χ1) is 8.08. The fourth-order valence-electron chi connectivity index (χ4n) is 1.72. The molecule has 1 aromatic carbocycles. The Kier molecular flexibility index (Phi) is 5.92. The summed E-state index contributed by atoms with van der Waals surface area (Å²) < 4.78 is 18.7. The average Bonchev–Trinajstić information content (AvgIpc) is 2.27. The molecule has 1 aromatic rings. The van der Waals surface area contributed by atoms with Crippen molar-refractivity contribution in [3.05, 3.63) is 27.7 Å². The molecule has 0 spiro atoms. The van der Waals surface area contributed by atoms with Crippen molar-refractivity contribution in [3.8, 4) is 5.75 Å². The number of aryl methyl sites for hydroxylation is 1. The molecule has 2 N–H and O–H groups in total. The van der Waals surface area contributed by atoms with Gasteiger partial charge in [0.15, 0.2) is 0 Å². The number of alkyl halides is 1. The number of hydrogen-bond donors (Lipinski definition) is 1. The van der Waals surface area contributed by atoms with Crippen molar-refractivity contribution in [2.75, 3.05) is 13.3 Å². The molecule has 0 aromatic heterocycles. The second kappa shape index (κ2) is 6.97. The van der Waals surface area contributed by atoms with E-state index in [0.29, 0.717) is 0 Å². The van der Waals surface area contributed by atoms with Gasteiger partial charge in [0.1, 0.15) is 19.0 Å². The van der Waals surface area contributed by atoms with Gasteiger partial charge in [0.2, 0.25) is 0 Å². The zero-order chi connectivity index (χ0) is 12.8. The Labute approximate surface area is 110 Å². The van der Waals surface area contributed by atoms with Crippen LogP contribution < -0.4 is 10.5 Å². The van der Waals surface area contributed by atoms with Gasteiger partial charge in [0.25, 0.3) is 0 Å². The molecule has 0 bridgehead atoms. The molecule has 4 heteroatoms. The van der Waals surface area contributed by atoms with Crippen molar-refractivity contribution in [2.45, 2.75) is 32.7 Å². The van der Waals surface area contributed by atoms with Gasteiger partial charge in [0, 0.05) is 10.5 Å². The van der Waals surface area contributed by atoms with Crippen LogP contribution in [0.2, 0.25) is 0 Å². The van der Waals surface area contributed by atoms with E-state index < -0.39 is 6.67 Å². The summed E-state index contributed by atoms with van der Waals surface area (Å²) in [7, 11) is 0. The Morgan fingerprint density at radius 1 is 1.47 bits per heavy atom. The van der Waals surface area contributed by atoms with E-state index in [0.717, 1.165) is 34.2 Å². The normalized spacial score (nSPS) is 12.5. The van der Waals surface area contributed by atoms with Crippen LogP contribution in [-0.2, 0) is 6.42 Å². The fourth-order valence-corrected chi connectivity index (χ4v) is 2.34. The van der Waals surface area contributed by atoms with Crippen molar-refractivity contribution in [3.63, 3.8) is 0 Å². The van der Waals surface area contributed by atoms with E-state index in [1.165, 1.54) is 0 Å². The molecular weight excluding hydrogens is 285 g/mol. The maximum Gasteiger partial charge on any atom is 0.125 e. The van der Waals surface area contributed by atoms with Gasteiger partial charge in [0.05, 0.1) is 0 Å². The minimum Gasteiger partial charge on any atom is -0.490 e. The van der Waals surface area contributed by atoms with Crippen molar-refractivity contribution >= 4 is 15.9 Å². The lowest BCUT2D eigenvalue weighted by Gasteiger charge is -2.16. The van der Waals surface area contributed by atoms with Gasteiger partial charge in [-0.05, 0) is 43.0 Å².